The van der Waals surface area contributed by atoms with Gasteiger partial charge in [0.05, 0.1) is 0 Å². The Morgan fingerprint density at radius 1 is 1.40 bits per heavy atom. The first-order chi connectivity index (χ1) is 9.60. The fourth-order valence-electron chi connectivity index (χ4n) is 2.81. The Kier molecular flexibility index (Phi) is 5.52. The van der Waals surface area contributed by atoms with Gasteiger partial charge in [-0.25, -0.2) is 0 Å². The standard InChI is InChI=1S/C16H24N2OS/c1-12-9-14(16(17)20)3-4-15(12)10-18-7-5-13(6-8-18)11-19-2/h3-4,9,13H,5-8,10-11H2,1-2H3,(H2,17,20). The van der Waals surface area contributed by atoms with E-state index in [1.807, 2.05) is 6.07 Å². The second-order valence-electron chi connectivity index (χ2n) is 5.68. The molecule has 1 aliphatic rings. The molecule has 0 unspecified atom stereocenters. The van der Waals surface area contributed by atoms with Crippen LogP contribution in [0.2, 0.25) is 0 Å². The third-order valence-corrected chi connectivity index (χ3v) is 4.37. The van der Waals surface area contributed by atoms with Crippen LogP contribution in [0.15, 0.2) is 18.2 Å². The van der Waals surface area contributed by atoms with E-state index in [9.17, 15) is 0 Å². The van der Waals surface area contributed by atoms with Crippen LogP contribution in [0.3, 0.4) is 0 Å². The third kappa shape index (κ3) is 4.01. The molecule has 20 heavy (non-hydrogen) atoms. The summed E-state index contributed by atoms with van der Waals surface area (Å²) in [5.74, 6) is 0.731. The van der Waals surface area contributed by atoms with Crippen molar-refractivity contribution in [2.24, 2.45) is 11.7 Å². The Balaban J connectivity index is 1.93. The minimum Gasteiger partial charge on any atom is -0.389 e. The van der Waals surface area contributed by atoms with Crippen LogP contribution in [0, 0.1) is 12.8 Å². The van der Waals surface area contributed by atoms with E-state index in [-0.39, 0.29) is 0 Å². The van der Waals surface area contributed by atoms with Crippen molar-refractivity contribution in [2.75, 3.05) is 26.8 Å². The first-order valence-corrected chi connectivity index (χ1v) is 7.61. The second kappa shape index (κ2) is 7.16. The van der Waals surface area contributed by atoms with Gasteiger partial charge in [-0.05, 0) is 56.0 Å². The van der Waals surface area contributed by atoms with Crippen LogP contribution in [0.4, 0.5) is 0 Å². The Labute approximate surface area is 127 Å². The number of nitrogens with zero attached hydrogens (tertiary/aromatic N) is 1. The highest BCUT2D eigenvalue weighted by atomic mass is 32.1. The number of aryl methyl sites for hydroxylation is 1. The monoisotopic (exact) mass is 292 g/mol. The van der Waals surface area contributed by atoms with E-state index in [0.717, 1.165) is 37.7 Å². The Morgan fingerprint density at radius 3 is 2.65 bits per heavy atom. The number of piperidine rings is 1. The number of hydrogen-bond acceptors (Lipinski definition) is 3. The molecule has 4 heteroatoms. The number of hydrogen-bond donors (Lipinski definition) is 1. The molecule has 2 rings (SSSR count). The minimum atomic E-state index is 0.472. The number of thiocarbonyl (C=S) groups is 1. The normalized spacial score (nSPS) is 17.3. The molecule has 0 amide bonds. The van der Waals surface area contributed by atoms with Crippen molar-refractivity contribution >= 4 is 17.2 Å². The molecule has 1 heterocycles. The van der Waals surface area contributed by atoms with Gasteiger partial charge < -0.3 is 10.5 Å². The number of rotatable bonds is 5. The fraction of sp³-hybridized carbons (Fsp3) is 0.562. The molecule has 1 fully saturated rings. The summed E-state index contributed by atoms with van der Waals surface area (Å²) in [5.41, 5.74) is 9.27. The molecule has 0 saturated carbocycles. The van der Waals surface area contributed by atoms with Crippen molar-refractivity contribution in [3.63, 3.8) is 0 Å². The number of nitrogens with two attached hydrogens (primary N) is 1. The number of likely N-dealkylation sites (tertiary alicyclic amines) is 1. The van der Waals surface area contributed by atoms with Crippen molar-refractivity contribution in [1.82, 2.24) is 4.90 Å². The number of ether oxygens (including phenoxy) is 1. The smallest absolute Gasteiger partial charge is 0.103 e. The largest absolute Gasteiger partial charge is 0.389 e. The minimum absolute atomic E-state index is 0.472. The predicted molar refractivity (Wildman–Crippen MR) is 86.9 cm³/mol. The van der Waals surface area contributed by atoms with Gasteiger partial charge in [-0.1, -0.05) is 24.4 Å². The molecule has 1 aliphatic heterocycles. The van der Waals surface area contributed by atoms with Crippen LogP contribution < -0.4 is 5.73 Å². The lowest BCUT2D eigenvalue weighted by Crippen LogP contribution is -2.34. The Morgan fingerprint density at radius 2 is 2.10 bits per heavy atom. The lowest BCUT2D eigenvalue weighted by molar-refractivity contribution is 0.0967. The van der Waals surface area contributed by atoms with E-state index in [2.05, 4.69) is 24.0 Å². The SMILES string of the molecule is COCC1CCN(Cc2ccc(C(N)=S)cc2C)CC1. The van der Waals surface area contributed by atoms with Crippen LogP contribution >= 0.6 is 12.2 Å². The van der Waals surface area contributed by atoms with E-state index in [1.165, 1.54) is 24.0 Å². The van der Waals surface area contributed by atoms with Crippen LogP contribution in [0.25, 0.3) is 0 Å². The highest BCUT2D eigenvalue weighted by Crippen LogP contribution is 2.20. The highest BCUT2D eigenvalue weighted by Gasteiger charge is 2.19. The molecule has 1 aromatic rings. The molecule has 110 valence electrons. The molecule has 0 bridgehead atoms. The van der Waals surface area contributed by atoms with Crippen molar-refractivity contribution < 1.29 is 4.74 Å². The second-order valence-corrected chi connectivity index (χ2v) is 6.12. The molecule has 3 nitrogen and oxygen atoms in total. The van der Waals surface area contributed by atoms with Crippen molar-refractivity contribution in [2.45, 2.75) is 26.3 Å². The first kappa shape index (κ1) is 15.4. The van der Waals surface area contributed by atoms with Gasteiger partial charge in [0.25, 0.3) is 0 Å². The highest BCUT2D eigenvalue weighted by molar-refractivity contribution is 7.80. The summed E-state index contributed by atoms with van der Waals surface area (Å²) < 4.78 is 5.25. The average Bonchev–Trinajstić information content (AvgIpc) is 2.43. The molecule has 1 saturated heterocycles. The summed E-state index contributed by atoms with van der Waals surface area (Å²) in [7, 11) is 1.79. The first-order valence-electron chi connectivity index (χ1n) is 7.20. The molecular formula is C16H24N2OS. The maximum atomic E-state index is 5.67. The zero-order valence-electron chi connectivity index (χ0n) is 12.4. The van der Waals surface area contributed by atoms with Gasteiger partial charge in [0.2, 0.25) is 0 Å². The molecule has 0 aliphatic carbocycles. The lowest BCUT2D eigenvalue weighted by Gasteiger charge is -2.32. The lowest BCUT2D eigenvalue weighted by atomic mass is 9.96. The number of benzene rings is 1. The quantitative estimate of drug-likeness (QED) is 0.846. The zero-order valence-corrected chi connectivity index (χ0v) is 13.2. The Bertz CT molecular complexity index is 468. The molecular weight excluding hydrogens is 268 g/mol. The van der Waals surface area contributed by atoms with Crippen molar-refractivity contribution in [3.8, 4) is 0 Å². The van der Waals surface area contributed by atoms with E-state index in [4.69, 9.17) is 22.7 Å². The molecule has 2 N–H and O–H groups in total. The molecule has 0 atom stereocenters. The topological polar surface area (TPSA) is 38.5 Å². The van der Waals surface area contributed by atoms with Gasteiger partial charge in [0.15, 0.2) is 0 Å². The zero-order chi connectivity index (χ0) is 14.5. The van der Waals surface area contributed by atoms with Crippen molar-refractivity contribution in [1.29, 1.82) is 0 Å². The number of methoxy groups -OCH3 is 1. The molecule has 1 aromatic carbocycles. The summed E-state index contributed by atoms with van der Waals surface area (Å²) in [5, 5.41) is 0. The molecule has 0 radical (unpaired) electrons. The summed E-state index contributed by atoms with van der Waals surface area (Å²) in [4.78, 5) is 3.00. The fourth-order valence-corrected chi connectivity index (χ4v) is 2.94. The van der Waals surface area contributed by atoms with E-state index in [0.29, 0.717) is 4.99 Å². The van der Waals surface area contributed by atoms with Gasteiger partial charge >= 0.3 is 0 Å². The van der Waals surface area contributed by atoms with Crippen LogP contribution in [0.1, 0.15) is 29.5 Å². The van der Waals surface area contributed by atoms with E-state index in [1.54, 1.807) is 7.11 Å². The van der Waals surface area contributed by atoms with Crippen LogP contribution in [-0.4, -0.2) is 36.7 Å². The third-order valence-electron chi connectivity index (χ3n) is 4.13. The van der Waals surface area contributed by atoms with E-state index >= 15 is 0 Å². The maximum Gasteiger partial charge on any atom is 0.103 e. The summed E-state index contributed by atoms with van der Waals surface area (Å²) in [6, 6.07) is 6.28. The summed E-state index contributed by atoms with van der Waals surface area (Å²) in [6.07, 6.45) is 2.47. The average molecular weight is 292 g/mol. The summed E-state index contributed by atoms with van der Waals surface area (Å²) in [6.45, 7) is 6.36. The van der Waals surface area contributed by atoms with E-state index < -0.39 is 0 Å². The Hall–Kier alpha value is -0.970. The maximum absolute atomic E-state index is 5.67. The predicted octanol–water partition coefficient (Wildman–Crippen LogP) is 2.49. The van der Waals surface area contributed by atoms with Crippen LogP contribution in [-0.2, 0) is 11.3 Å². The van der Waals surface area contributed by atoms with Gasteiger partial charge in [-0.2, -0.15) is 0 Å². The van der Waals surface area contributed by atoms with Gasteiger partial charge in [-0.3, -0.25) is 4.90 Å². The van der Waals surface area contributed by atoms with Gasteiger partial charge in [-0.15, -0.1) is 0 Å². The summed E-state index contributed by atoms with van der Waals surface area (Å²) >= 11 is 5.02. The molecule has 0 spiro atoms. The van der Waals surface area contributed by atoms with Gasteiger partial charge in [0, 0.05) is 25.8 Å². The molecule has 0 aromatic heterocycles. The van der Waals surface area contributed by atoms with Crippen molar-refractivity contribution in [3.05, 3.63) is 34.9 Å². The van der Waals surface area contributed by atoms with Crippen LogP contribution in [0.5, 0.6) is 0 Å². The van der Waals surface area contributed by atoms with Gasteiger partial charge in [0.1, 0.15) is 4.99 Å².